The van der Waals surface area contributed by atoms with Crippen molar-refractivity contribution in [1.29, 1.82) is 0 Å². The number of piperidine rings is 1. The lowest BCUT2D eigenvalue weighted by atomic mass is 9.92. The Hall–Kier alpha value is -1.26. The first-order valence-electron chi connectivity index (χ1n) is 8.40. The minimum atomic E-state index is 0.232. The quantitative estimate of drug-likeness (QED) is 0.875. The summed E-state index contributed by atoms with van der Waals surface area (Å²) in [5.41, 5.74) is 7.36. The van der Waals surface area contributed by atoms with Crippen LogP contribution in [0.3, 0.4) is 0 Å². The molecule has 2 N–H and O–H groups in total. The summed E-state index contributed by atoms with van der Waals surface area (Å²) >= 11 is 0. The number of hydrogen-bond acceptors (Lipinski definition) is 4. The lowest BCUT2D eigenvalue weighted by Gasteiger charge is -2.44. The molecule has 1 fully saturated rings. The molecule has 0 aromatic heterocycles. The Morgan fingerprint density at radius 2 is 1.91 bits per heavy atom. The molecule has 4 heteroatoms. The first-order chi connectivity index (χ1) is 10.6. The van der Waals surface area contributed by atoms with Gasteiger partial charge in [0, 0.05) is 24.7 Å². The van der Waals surface area contributed by atoms with Gasteiger partial charge in [0.05, 0.1) is 13.7 Å². The normalized spacial score (nSPS) is 24.0. The maximum Gasteiger partial charge on any atom is 0.161 e. The molecule has 3 unspecified atom stereocenters. The van der Waals surface area contributed by atoms with Crippen LogP contribution in [-0.4, -0.2) is 37.2 Å². The van der Waals surface area contributed by atoms with Gasteiger partial charge in [0.15, 0.2) is 11.5 Å². The molecule has 2 rings (SSSR count). The fourth-order valence-electron chi connectivity index (χ4n) is 3.65. The van der Waals surface area contributed by atoms with E-state index in [4.69, 9.17) is 15.2 Å². The highest BCUT2D eigenvalue weighted by Crippen LogP contribution is 2.36. The van der Waals surface area contributed by atoms with Crippen LogP contribution in [-0.2, 0) is 0 Å². The van der Waals surface area contributed by atoms with Crippen LogP contribution in [0.5, 0.6) is 11.5 Å². The Morgan fingerprint density at radius 1 is 1.23 bits per heavy atom. The monoisotopic (exact) mass is 306 g/mol. The Kier molecular flexibility index (Phi) is 6.09. The van der Waals surface area contributed by atoms with Crippen LogP contribution in [0.4, 0.5) is 0 Å². The molecular formula is C18H30N2O2. The first kappa shape index (κ1) is 17.1. The molecule has 0 bridgehead atoms. The molecule has 124 valence electrons. The van der Waals surface area contributed by atoms with Gasteiger partial charge in [-0.1, -0.05) is 12.5 Å². The van der Waals surface area contributed by atoms with Gasteiger partial charge in [-0.2, -0.15) is 0 Å². The van der Waals surface area contributed by atoms with Crippen LogP contribution in [0.15, 0.2) is 18.2 Å². The minimum Gasteiger partial charge on any atom is -0.493 e. The van der Waals surface area contributed by atoms with Gasteiger partial charge in [0.2, 0.25) is 0 Å². The third-order valence-electron chi connectivity index (χ3n) is 4.72. The van der Waals surface area contributed by atoms with Crippen molar-refractivity contribution in [2.75, 3.05) is 20.3 Å². The van der Waals surface area contributed by atoms with Crippen molar-refractivity contribution in [3.63, 3.8) is 0 Å². The van der Waals surface area contributed by atoms with Crippen molar-refractivity contribution in [2.45, 2.75) is 58.2 Å². The summed E-state index contributed by atoms with van der Waals surface area (Å²) in [5, 5.41) is 0. The van der Waals surface area contributed by atoms with E-state index >= 15 is 0 Å². The van der Waals surface area contributed by atoms with Gasteiger partial charge in [-0.25, -0.2) is 0 Å². The topological polar surface area (TPSA) is 47.7 Å². The van der Waals surface area contributed by atoms with Crippen molar-refractivity contribution in [3.05, 3.63) is 23.8 Å². The fourth-order valence-corrected chi connectivity index (χ4v) is 3.65. The highest BCUT2D eigenvalue weighted by Gasteiger charge is 2.31. The van der Waals surface area contributed by atoms with E-state index in [-0.39, 0.29) is 6.04 Å². The van der Waals surface area contributed by atoms with Crippen molar-refractivity contribution < 1.29 is 9.47 Å². The molecular weight excluding hydrogens is 276 g/mol. The first-order valence-corrected chi connectivity index (χ1v) is 8.40. The van der Waals surface area contributed by atoms with Crippen molar-refractivity contribution in [3.8, 4) is 11.5 Å². The summed E-state index contributed by atoms with van der Waals surface area (Å²) in [6.45, 7) is 7.86. The summed E-state index contributed by atoms with van der Waals surface area (Å²) in [5.74, 6) is 1.58. The predicted molar refractivity (Wildman–Crippen MR) is 90.6 cm³/mol. The van der Waals surface area contributed by atoms with E-state index in [1.807, 2.05) is 13.0 Å². The van der Waals surface area contributed by atoms with Crippen LogP contribution < -0.4 is 15.2 Å². The van der Waals surface area contributed by atoms with E-state index in [0.717, 1.165) is 11.5 Å². The Balaban J connectivity index is 2.31. The predicted octanol–water partition coefficient (Wildman–Crippen LogP) is 3.36. The zero-order valence-corrected chi connectivity index (χ0v) is 14.3. The molecule has 3 atom stereocenters. The number of likely N-dealkylation sites (tertiary alicyclic amines) is 1. The van der Waals surface area contributed by atoms with E-state index < -0.39 is 0 Å². The van der Waals surface area contributed by atoms with E-state index in [2.05, 4.69) is 30.9 Å². The van der Waals surface area contributed by atoms with Crippen LogP contribution >= 0.6 is 0 Å². The summed E-state index contributed by atoms with van der Waals surface area (Å²) in [6, 6.07) is 7.56. The maximum atomic E-state index is 6.14. The molecule has 1 aliphatic heterocycles. The van der Waals surface area contributed by atoms with Crippen LogP contribution in [0.2, 0.25) is 0 Å². The molecule has 0 saturated carbocycles. The SMILES string of the molecule is CCOc1cc(C(CN)N2C(C)CCCC2C)ccc1OC. The van der Waals surface area contributed by atoms with Crippen LogP contribution in [0, 0.1) is 0 Å². The van der Waals surface area contributed by atoms with Gasteiger partial charge >= 0.3 is 0 Å². The number of nitrogens with zero attached hydrogens (tertiary/aromatic N) is 1. The second-order valence-corrected chi connectivity index (χ2v) is 6.17. The average Bonchev–Trinajstić information content (AvgIpc) is 2.51. The van der Waals surface area contributed by atoms with Crippen LogP contribution in [0.25, 0.3) is 0 Å². The highest BCUT2D eigenvalue weighted by atomic mass is 16.5. The standard InChI is InChI=1S/C18H30N2O2/c1-5-22-18-11-15(9-10-17(18)21-4)16(12-19)20-13(2)7-6-8-14(20)3/h9-11,13-14,16H,5-8,12,19H2,1-4H3. The molecule has 0 spiro atoms. The number of benzene rings is 1. The highest BCUT2D eigenvalue weighted by molar-refractivity contribution is 5.44. The van der Waals surface area contributed by atoms with Gasteiger partial charge in [-0.3, -0.25) is 4.90 Å². The van der Waals surface area contributed by atoms with Crippen molar-refractivity contribution >= 4 is 0 Å². The van der Waals surface area contributed by atoms with E-state index in [1.54, 1.807) is 7.11 Å². The molecule has 4 nitrogen and oxygen atoms in total. The fraction of sp³-hybridized carbons (Fsp3) is 0.667. The minimum absolute atomic E-state index is 0.232. The van der Waals surface area contributed by atoms with Crippen molar-refractivity contribution in [1.82, 2.24) is 4.90 Å². The van der Waals surface area contributed by atoms with Gasteiger partial charge < -0.3 is 15.2 Å². The summed E-state index contributed by atoms with van der Waals surface area (Å²) in [7, 11) is 1.67. The van der Waals surface area contributed by atoms with Crippen molar-refractivity contribution in [2.24, 2.45) is 5.73 Å². The molecule has 1 heterocycles. The average molecular weight is 306 g/mol. The van der Waals surface area contributed by atoms with Gasteiger partial charge in [0.1, 0.15) is 0 Å². The molecule has 0 radical (unpaired) electrons. The zero-order chi connectivity index (χ0) is 16.1. The van der Waals surface area contributed by atoms with Gasteiger partial charge in [0.25, 0.3) is 0 Å². The summed E-state index contributed by atoms with van der Waals surface area (Å²) in [6.07, 6.45) is 3.80. The molecule has 22 heavy (non-hydrogen) atoms. The lowest BCUT2D eigenvalue weighted by Crippen LogP contribution is -2.48. The largest absolute Gasteiger partial charge is 0.493 e. The third kappa shape index (κ3) is 3.55. The number of methoxy groups -OCH3 is 1. The molecule has 1 aliphatic rings. The summed E-state index contributed by atoms with van der Waals surface area (Å²) in [4.78, 5) is 2.57. The second kappa shape index (κ2) is 7.84. The lowest BCUT2D eigenvalue weighted by molar-refractivity contribution is 0.0576. The number of ether oxygens (including phenoxy) is 2. The second-order valence-electron chi connectivity index (χ2n) is 6.17. The maximum absolute atomic E-state index is 6.14. The van der Waals surface area contributed by atoms with Gasteiger partial charge in [-0.05, 0) is 51.3 Å². The third-order valence-corrected chi connectivity index (χ3v) is 4.72. The summed E-state index contributed by atoms with van der Waals surface area (Å²) < 4.78 is 11.1. The molecule has 0 aliphatic carbocycles. The van der Waals surface area contributed by atoms with E-state index in [0.29, 0.717) is 25.2 Å². The Bertz CT molecular complexity index is 468. The molecule has 1 saturated heterocycles. The van der Waals surface area contributed by atoms with E-state index in [9.17, 15) is 0 Å². The van der Waals surface area contributed by atoms with Crippen LogP contribution in [0.1, 0.15) is 51.6 Å². The molecule has 1 aromatic carbocycles. The Morgan fingerprint density at radius 3 is 2.45 bits per heavy atom. The molecule has 0 amide bonds. The smallest absolute Gasteiger partial charge is 0.161 e. The number of nitrogens with two attached hydrogens (primary N) is 1. The number of rotatable bonds is 6. The zero-order valence-electron chi connectivity index (χ0n) is 14.3. The molecule has 1 aromatic rings. The Labute approximate surface area is 134 Å². The number of hydrogen-bond donors (Lipinski definition) is 1. The van der Waals surface area contributed by atoms with Gasteiger partial charge in [-0.15, -0.1) is 0 Å². The van der Waals surface area contributed by atoms with E-state index in [1.165, 1.54) is 24.8 Å².